The number of nitrogens with one attached hydrogen (secondary N) is 1. The number of piperidine rings is 1. The Morgan fingerprint density at radius 3 is 2.83 bits per heavy atom. The van der Waals surface area contributed by atoms with E-state index in [0.29, 0.717) is 18.0 Å². The highest BCUT2D eigenvalue weighted by Gasteiger charge is 2.20. The van der Waals surface area contributed by atoms with E-state index >= 15 is 0 Å². The van der Waals surface area contributed by atoms with E-state index in [-0.39, 0.29) is 11.6 Å². The predicted octanol–water partition coefficient (Wildman–Crippen LogP) is 1.68. The number of amides is 1. The molecule has 126 valence electrons. The third-order valence-corrected chi connectivity index (χ3v) is 4.19. The van der Waals surface area contributed by atoms with Crippen LogP contribution in [0.5, 0.6) is 0 Å². The summed E-state index contributed by atoms with van der Waals surface area (Å²) < 4.78 is 5.08. The van der Waals surface area contributed by atoms with Crippen molar-refractivity contribution in [2.45, 2.75) is 12.8 Å². The molecule has 7 heteroatoms. The second-order valence-electron chi connectivity index (χ2n) is 5.80. The van der Waals surface area contributed by atoms with Gasteiger partial charge in [-0.15, -0.1) is 0 Å². The molecule has 1 amide bonds. The lowest BCUT2D eigenvalue weighted by molar-refractivity contribution is -0.384. The molecule has 1 heterocycles. The van der Waals surface area contributed by atoms with Crippen LogP contribution >= 0.6 is 0 Å². The number of hydrogen-bond acceptors (Lipinski definition) is 5. The van der Waals surface area contributed by atoms with Crippen LogP contribution in [0.15, 0.2) is 24.3 Å². The van der Waals surface area contributed by atoms with E-state index in [0.717, 1.165) is 39.1 Å². The number of hydrogen-bond donors (Lipinski definition) is 1. The summed E-state index contributed by atoms with van der Waals surface area (Å²) in [5.74, 6) is 0.201. The first-order chi connectivity index (χ1) is 11.1. The molecule has 1 saturated heterocycles. The number of nitrogens with zero attached hydrogens (tertiary/aromatic N) is 2. The molecular weight excluding hydrogens is 298 g/mol. The maximum atomic E-state index is 12.1. The van der Waals surface area contributed by atoms with Gasteiger partial charge in [0.25, 0.3) is 11.6 Å². The maximum absolute atomic E-state index is 12.1. The molecule has 0 bridgehead atoms. The number of likely N-dealkylation sites (tertiary alicyclic amines) is 1. The van der Waals surface area contributed by atoms with E-state index in [4.69, 9.17) is 4.74 Å². The highest BCUT2D eigenvalue weighted by Crippen LogP contribution is 2.17. The summed E-state index contributed by atoms with van der Waals surface area (Å²) in [6, 6.07) is 5.81. The number of carbonyl (C=O) groups excluding carboxylic acids is 1. The predicted molar refractivity (Wildman–Crippen MR) is 86.5 cm³/mol. The average molecular weight is 321 g/mol. The summed E-state index contributed by atoms with van der Waals surface area (Å²) in [4.78, 5) is 24.7. The molecule has 1 N–H and O–H groups in total. The van der Waals surface area contributed by atoms with E-state index in [1.165, 1.54) is 18.2 Å². The molecule has 23 heavy (non-hydrogen) atoms. The van der Waals surface area contributed by atoms with Crippen LogP contribution in [-0.2, 0) is 4.74 Å². The zero-order valence-corrected chi connectivity index (χ0v) is 13.4. The minimum absolute atomic E-state index is 0.0656. The van der Waals surface area contributed by atoms with Crippen molar-refractivity contribution in [2.75, 3.05) is 39.9 Å². The Balaban J connectivity index is 1.77. The fourth-order valence-electron chi connectivity index (χ4n) is 2.73. The number of benzene rings is 1. The molecule has 1 aliphatic heterocycles. The lowest BCUT2D eigenvalue weighted by Crippen LogP contribution is -2.39. The minimum atomic E-state index is -0.494. The quantitative estimate of drug-likeness (QED) is 0.610. The van der Waals surface area contributed by atoms with Gasteiger partial charge in [-0.25, -0.2) is 0 Å². The van der Waals surface area contributed by atoms with Crippen LogP contribution < -0.4 is 5.32 Å². The number of carbonyl (C=O) groups is 1. The molecule has 0 aliphatic carbocycles. The zero-order valence-electron chi connectivity index (χ0n) is 13.4. The Bertz CT molecular complexity index is 542. The molecule has 1 aliphatic rings. The second kappa shape index (κ2) is 8.59. The summed E-state index contributed by atoms with van der Waals surface area (Å²) in [5.41, 5.74) is 0.265. The van der Waals surface area contributed by atoms with Crippen molar-refractivity contribution >= 4 is 11.6 Å². The largest absolute Gasteiger partial charge is 0.383 e. The van der Waals surface area contributed by atoms with Gasteiger partial charge in [0.2, 0.25) is 0 Å². The summed E-state index contributed by atoms with van der Waals surface area (Å²) in [5, 5.41) is 13.6. The molecule has 1 aromatic rings. The topological polar surface area (TPSA) is 84.7 Å². The van der Waals surface area contributed by atoms with Crippen molar-refractivity contribution in [1.82, 2.24) is 10.2 Å². The first kappa shape index (κ1) is 17.4. The molecular formula is C16H23N3O4. The summed E-state index contributed by atoms with van der Waals surface area (Å²) in [6.07, 6.45) is 2.08. The van der Waals surface area contributed by atoms with Gasteiger partial charge in [0.1, 0.15) is 0 Å². The van der Waals surface area contributed by atoms with Crippen LogP contribution in [0, 0.1) is 16.0 Å². The van der Waals surface area contributed by atoms with Gasteiger partial charge in [0, 0.05) is 37.9 Å². The van der Waals surface area contributed by atoms with Crippen molar-refractivity contribution < 1.29 is 14.5 Å². The standard InChI is InChI=1S/C16H23N3O4/c1-23-10-9-18-7-5-13(6-8-18)12-17-16(20)14-3-2-4-15(11-14)19(21)22/h2-4,11,13H,5-10,12H2,1H3,(H,17,20). The van der Waals surface area contributed by atoms with Crippen molar-refractivity contribution in [3.63, 3.8) is 0 Å². The van der Waals surface area contributed by atoms with E-state index in [2.05, 4.69) is 10.2 Å². The molecule has 0 aromatic heterocycles. The Labute approximate surface area is 135 Å². The van der Waals surface area contributed by atoms with Gasteiger partial charge in [-0.1, -0.05) is 6.07 Å². The number of nitro benzene ring substituents is 1. The van der Waals surface area contributed by atoms with Crippen LogP contribution in [0.1, 0.15) is 23.2 Å². The molecule has 2 rings (SSSR count). The highest BCUT2D eigenvalue weighted by molar-refractivity contribution is 5.94. The first-order valence-corrected chi connectivity index (χ1v) is 7.84. The van der Waals surface area contributed by atoms with Crippen molar-refractivity contribution in [3.05, 3.63) is 39.9 Å². The van der Waals surface area contributed by atoms with Gasteiger partial charge in [-0.3, -0.25) is 14.9 Å². The molecule has 0 unspecified atom stereocenters. The number of non-ortho nitro benzene ring substituents is 1. The third kappa shape index (κ3) is 5.30. The Morgan fingerprint density at radius 2 is 2.17 bits per heavy atom. The highest BCUT2D eigenvalue weighted by atomic mass is 16.6. The Hall–Kier alpha value is -1.99. The lowest BCUT2D eigenvalue weighted by Gasteiger charge is -2.31. The number of ether oxygens (including phenoxy) is 1. The van der Waals surface area contributed by atoms with Crippen LogP contribution in [0.3, 0.4) is 0 Å². The molecule has 1 fully saturated rings. The van der Waals surface area contributed by atoms with Gasteiger partial charge >= 0.3 is 0 Å². The number of nitro groups is 1. The molecule has 0 atom stereocenters. The van der Waals surface area contributed by atoms with E-state index < -0.39 is 4.92 Å². The van der Waals surface area contributed by atoms with Crippen molar-refractivity contribution in [1.29, 1.82) is 0 Å². The normalized spacial score (nSPS) is 16.2. The molecule has 7 nitrogen and oxygen atoms in total. The van der Waals surface area contributed by atoms with Gasteiger partial charge in [0.05, 0.1) is 11.5 Å². The third-order valence-electron chi connectivity index (χ3n) is 4.19. The lowest BCUT2D eigenvalue weighted by atomic mass is 9.96. The van der Waals surface area contributed by atoms with Gasteiger partial charge in [0.15, 0.2) is 0 Å². The summed E-state index contributed by atoms with van der Waals surface area (Å²) in [6.45, 7) is 4.33. The molecule has 0 saturated carbocycles. The summed E-state index contributed by atoms with van der Waals surface area (Å²) in [7, 11) is 1.70. The average Bonchev–Trinajstić information content (AvgIpc) is 2.58. The van der Waals surface area contributed by atoms with Crippen LogP contribution in [0.2, 0.25) is 0 Å². The fraction of sp³-hybridized carbons (Fsp3) is 0.562. The van der Waals surface area contributed by atoms with Gasteiger partial charge < -0.3 is 15.0 Å². The van der Waals surface area contributed by atoms with E-state index in [9.17, 15) is 14.9 Å². The van der Waals surface area contributed by atoms with E-state index in [1.807, 2.05) is 0 Å². The SMILES string of the molecule is COCCN1CCC(CNC(=O)c2cccc([N+](=O)[O-])c2)CC1. The van der Waals surface area contributed by atoms with E-state index in [1.54, 1.807) is 13.2 Å². The van der Waals surface area contributed by atoms with Crippen LogP contribution in [-0.4, -0.2) is 55.6 Å². The molecule has 0 radical (unpaired) electrons. The Kier molecular flexibility index (Phi) is 6.49. The maximum Gasteiger partial charge on any atom is 0.270 e. The monoisotopic (exact) mass is 321 g/mol. The fourth-order valence-corrected chi connectivity index (χ4v) is 2.73. The number of rotatable bonds is 7. The smallest absolute Gasteiger partial charge is 0.270 e. The number of methoxy groups -OCH3 is 1. The molecule has 0 spiro atoms. The first-order valence-electron chi connectivity index (χ1n) is 7.84. The van der Waals surface area contributed by atoms with Crippen molar-refractivity contribution in [3.8, 4) is 0 Å². The van der Waals surface area contributed by atoms with Gasteiger partial charge in [-0.05, 0) is 37.9 Å². The summed E-state index contributed by atoms with van der Waals surface area (Å²) >= 11 is 0. The Morgan fingerprint density at radius 1 is 1.43 bits per heavy atom. The van der Waals surface area contributed by atoms with Crippen LogP contribution in [0.4, 0.5) is 5.69 Å². The molecule has 1 aromatic carbocycles. The second-order valence-corrected chi connectivity index (χ2v) is 5.80. The van der Waals surface area contributed by atoms with Crippen LogP contribution in [0.25, 0.3) is 0 Å². The zero-order chi connectivity index (χ0) is 16.7. The van der Waals surface area contributed by atoms with Gasteiger partial charge in [-0.2, -0.15) is 0 Å². The minimum Gasteiger partial charge on any atom is -0.383 e. The van der Waals surface area contributed by atoms with Crippen molar-refractivity contribution in [2.24, 2.45) is 5.92 Å².